The predicted molar refractivity (Wildman–Crippen MR) is 116 cm³/mol. The number of nitrogens with one attached hydrogen (secondary N) is 1. The first-order chi connectivity index (χ1) is 13.2. The first kappa shape index (κ1) is 21.4. The Labute approximate surface area is 183 Å². The van der Waals surface area contributed by atoms with E-state index in [9.17, 15) is 18.0 Å². The van der Waals surface area contributed by atoms with Crippen molar-refractivity contribution in [1.82, 2.24) is 4.98 Å². The number of aromatic nitrogens is 1. The molecule has 0 saturated heterocycles. The minimum atomic E-state index is -3.78. The van der Waals surface area contributed by atoms with E-state index < -0.39 is 15.7 Å². The van der Waals surface area contributed by atoms with E-state index in [1.807, 2.05) is 6.07 Å². The third kappa shape index (κ3) is 4.64. The van der Waals surface area contributed by atoms with E-state index in [1.54, 1.807) is 13.1 Å². The maximum atomic E-state index is 13.0. The zero-order valence-corrected chi connectivity index (χ0v) is 19.7. The van der Waals surface area contributed by atoms with E-state index in [1.165, 1.54) is 22.3 Å². The molecule has 0 saturated carbocycles. The molecule has 0 spiro atoms. The lowest BCUT2D eigenvalue weighted by Gasteiger charge is -2.20. The molecule has 0 fully saturated rings. The van der Waals surface area contributed by atoms with E-state index in [0.29, 0.717) is 34.7 Å². The summed E-state index contributed by atoms with van der Waals surface area (Å²) in [5, 5.41) is 2.99. The Morgan fingerprint density at radius 1 is 1.32 bits per heavy atom. The molecule has 1 N–H and O–H groups in total. The number of hydrogen-bond acceptors (Lipinski definition) is 6. The first-order valence-electron chi connectivity index (χ1n) is 8.48. The maximum Gasteiger partial charge on any atom is 0.227 e. The van der Waals surface area contributed by atoms with E-state index in [-0.39, 0.29) is 23.0 Å². The molecule has 28 heavy (non-hydrogen) atoms. The van der Waals surface area contributed by atoms with Crippen molar-refractivity contribution in [2.24, 2.45) is 0 Å². The van der Waals surface area contributed by atoms with Crippen molar-refractivity contribution in [3.05, 3.63) is 32.2 Å². The number of carbonyl (C=O) groups is 2. The fraction of sp³-hybridized carbons (Fsp3) is 0.353. The fourth-order valence-corrected chi connectivity index (χ4v) is 6.27. The van der Waals surface area contributed by atoms with Crippen LogP contribution in [0.15, 0.2) is 31.5 Å². The predicted octanol–water partition coefficient (Wildman–Crippen LogP) is 3.77. The molecule has 150 valence electrons. The molecule has 1 aliphatic rings. The third-order valence-electron chi connectivity index (χ3n) is 4.25. The van der Waals surface area contributed by atoms with Crippen molar-refractivity contribution in [2.75, 3.05) is 22.5 Å². The van der Waals surface area contributed by atoms with Gasteiger partial charge in [0.25, 0.3) is 0 Å². The Balaban J connectivity index is 1.82. The number of benzene rings is 1. The number of rotatable bonds is 6. The van der Waals surface area contributed by atoms with Crippen LogP contribution in [0.3, 0.4) is 0 Å². The van der Waals surface area contributed by atoms with Gasteiger partial charge in [0.1, 0.15) is 0 Å². The van der Waals surface area contributed by atoms with Gasteiger partial charge in [0.15, 0.2) is 15.0 Å². The number of carbonyl (C=O) groups excluding carboxylic acids is 2. The average Bonchev–Trinajstić information content (AvgIpc) is 3.24. The van der Waals surface area contributed by atoms with Crippen molar-refractivity contribution in [3.63, 3.8) is 0 Å². The number of thiazole rings is 1. The van der Waals surface area contributed by atoms with Crippen LogP contribution in [0.2, 0.25) is 0 Å². The highest BCUT2D eigenvalue weighted by Gasteiger charge is 2.32. The molecule has 3 rings (SSSR count). The van der Waals surface area contributed by atoms with Gasteiger partial charge >= 0.3 is 0 Å². The number of hydrogen-bond donors (Lipinski definition) is 1. The molecule has 1 aromatic heterocycles. The smallest absolute Gasteiger partial charge is 0.227 e. The summed E-state index contributed by atoms with van der Waals surface area (Å²) in [7, 11) is -3.78. The molecule has 0 bridgehead atoms. The second kappa shape index (κ2) is 8.60. The zero-order valence-electron chi connectivity index (χ0n) is 14.9. The Morgan fingerprint density at radius 2 is 2.07 bits per heavy atom. The van der Waals surface area contributed by atoms with Crippen molar-refractivity contribution >= 4 is 75.7 Å². The largest absolute Gasteiger partial charge is 0.311 e. The van der Waals surface area contributed by atoms with Crippen molar-refractivity contribution in [3.8, 4) is 0 Å². The van der Waals surface area contributed by atoms with E-state index in [2.05, 4.69) is 42.2 Å². The molecule has 7 nitrogen and oxygen atoms in total. The maximum absolute atomic E-state index is 13.0. The lowest BCUT2D eigenvalue weighted by molar-refractivity contribution is -0.118. The number of fused-ring (bicyclic) bond motifs is 1. The minimum absolute atomic E-state index is 0.0842. The summed E-state index contributed by atoms with van der Waals surface area (Å²) in [5.41, 5.74) is 1.26. The summed E-state index contributed by atoms with van der Waals surface area (Å²) in [6, 6.07) is 3.34. The van der Waals surface area contributed by atoms with Crippen molar-refractivity contribution in [1.29, 1.82) is 0 Å². The van der Waals surface area contributed by atoms with Gasteiger partial charge in [-0.3, -0.25) is 9.59 Å². The highest BCUT2D eigenvalue weighted by molar-refractivity contribution is 9.11. The van der Waals surface area contributed by atoms with Gasteiger partial charge < -0.3 is 10.2 Å². The number of sulfone groups is 1. The van der Waals surface area contributed by atoms with Crippen LogP contribution in [0.5, 0.6) is 0 Å². The van der Waals surface area contributed by atoms with Crippen LogP contribution >= 0.6 is 43.2 Å². The molecule has 0 aliphatic carbocycles. The van der Waals surface area contributed by atoms with Gasteiger partial charge in [0.05, 0.1) is 26.3 Å². The SMILES string of the molecule is CCC(=O)N1CCc2cc(Br)cc(S(=O)(=O)CCC(=O)Nc3ncc(Br)s3)c21. The molecular weight excluding hydrogens is 534 g/mol. The van der Waals surface area contributed by atoms with Gasteiger partial charge in [0, 0.05) is 23.9 Å². The zero-order chi connectivity index (χ0) is 20.5. The standard InChI is InChI=1S/C17H17Br2N3O4S2/c1-2-15(24)22-5-3-10-7-11(18)8-12(16(10)22)28(25,26)6-4-14(23)21-17-20-9-13(19)27-17/h7-9H,2-6H2,1H3,(H,20,21,23). The van der Waals surface area contributed by atoms with Gasteiger partial charge in [0.2, 0.25) is 11.8 Å². The van der Waals surface area contributed by atoms with Crippen LogP contribution in [0.1, 0.15) is 25.3 Å². The van der Waals surface area contributed by atoms with Gasteiger partial charge in [-0.2, -0.15) is 0 Å². The molecule has 0 unspecified atom stereocenters. The van der Waals surface area contributed by atoms with Crippen LogP contribution in [0.4, 0.5) is 10.8 Å². The number of nitrogens with zero attached hydrogens (tertiary/aromatic N) is 2. The Morgan fingerprint density at radius 3 is 2.71 bits per heavy atom. The highest BCUT2D eigenvalue weighted by Crippen LogP contribution is 2.38. The topological polar surface area (TPSA) is 96.4 Å². The summed E-state index contributed by atoms with van der Waals surface area (Å²) < 4.78 is 27.4. The average molecular weight is 551 g/mol. The number of halogens is 2. The van der Waals surface area contributed by atoms with Gasteiger partial charge in [-0.1, -0.05) is 34.2 Å². The second-order valence-corrected chi connectivity index (χ2v) is 11.6. The molecule has 2 amide bonds. The molecule has 1 aromatic carbocycles. The van der Waals surface area contributed by atoms with Gasteiger partial charge in [-0.05, 0) is 40.0 Å². The summed E-state index contributed by atoms with van der Waals surface area (Å²) in [4.78, 5) is 30.0. The van der Waals surface area contributed by atoms with Crippen LogP contribution in [-0.4, -0.2) is 37.5 Å². The lowest BCUT2D eigenvalue weighted by atomic mass is 10.2. The van der Waals surface area contributed by atoms with Gasteiger partial charge in [-0.25, -0.2) is 13.4 Å². The van der Waals surface area contributed by atoms with Gasteiger partial charge in [-0.15, -0.1) is 0 Å². The summed E-state index contributed by atoms with van der Waals surface area (Å²) in [6.07, 6.45) is 2.24. The Bertz CT molecular complexity index is 1040. The molecule has 2 heterocycles. The van der Waals surface area contributed by atoms with E-state index in [4.69, 9.17) is 0 Å². The highest BCUT2D eigenvalue weighted by atomic mass is 79.9. The molecular formula is C17H17Br2N3O4S2. The minimum Gasteiger partial charge on any atom is -0.311 e. The second-order valence-electron chi connectivity index (χ2n) is 6.15. The molecule has 11 heteroatoms. The van der Waals surface area contributed by atoms with Crippen molar-refractivity contribution in [2.45, 2.75) is 31.1 Å². The lowest BCUT2D eigenvalue weighted by Crippen LogP contribution is -2.29. The Kier molecular flexibility index (Phi) is 6.58. The third-order valence-corrected chi connectivity index (χ3v) is 7.83. The summed E-state index contributed by atoms with van der Waals surface area (Å²) in [5.74, 6) is -0.911. The molecule has 2 aromatic rings. The monoisotopic (exact) mass is 549 g/mol. The quantitative estimate of drug-likeness (QED) is 0.590. The number of anilines is 2. The van der Waals surface area contributed by atoms with Crippen LogP contribution in [-0.2, 0) is 25.8 Å². The summed E-state index contributed by atoms with van der Waals surface area (Å²) >= 11 is 7.85. The fourth-order valence-electron chi connectivity index (χ4n) is 2.98. The van der Waals surface area contributed by atoms with Crippen LogP contribution in [0, 0.1) is 0 Å². The Hall–Kier alpha value is -1.30. The number of amides is 2. The van der Waals surface area contributed by atoms with Crippen LogP contribution in [0.25, 0.3) is 0 Å². The van der Waals surface area contributed by atoms with Crippen molar-refractivity contribution < 1.29 is 18.0 Å². The molecule has 1 aliphatic heterocycles. The molecule has 0 radical (unpaired) electrons. The van der Waals surface area contributed by atoms with E-state index >= 15 is 0 Å². The first-order valence-corrected chi connectivity index (χ1v) is 12.5. The van der Waals surface area contributed by atoms with E-state index in [0.717, 1.165) is 9.35 Å². The summed E-state index contributed by atoms with van der Waals surface area (Å²) in [6.45, 7) is 2.20. The molecule has 0 atom stereocenters. The normalized spacial score (nSPS) is 13.5. The van der Waals surface area contributed by atoms with Crippen LogP contribution < -0.4 is 10.2 Å².